The van der Waals surface area contributed by atoms with Crippen LogP contribution in [-0.4, -0.2) is 5.78 Å². The molecule has 3 aliphatic rings. The molecule has 2 atom stereocenters. The number of carbonyl (C=O) groups excluding carboxylic acids is 1. The largest absolute Gasteiger partial charge is 0.295 e. The van der Waals surface area contributed by atoms with E-state index < -0.39 is 0 Å². The Kier molecular flexibility index (Phi) is 5.77. The summed E-state index contributed by atoms with van der Waals surface area (Å²) < 4.78 is 0. The minimum atomic E-state index is 0.386. The molecule has 0 aromatic rings. The van der Waals surface area contributed by atoms with E-state index in [2.05, 4.69) is 6.92 Å². The molecule has 2 saturated carbocycles. The van der Waals surface area contributed by atoms with E-state index in [0.29, 0.717) is 5.78 Å². The van der Waals surface area contributed by atoms with Gasteiger partial charge >= 0.3 is 0 Å². The van der Waals surface area contributed by atoms with Crippen molar-refractivity contribution < 1.29 is 4.79 Å². The van der Waals surface area contributed by atoms with Gasteiger partial charge in [0.15, 0.2) is 5.78 Å². The number of ketones is 1. The smallest absolute Gasteiger partial charge is 0.155 e. The molecular weight excluding hydrogens is 268 g/mol. The van der Waals surface area contributed by atoms with Crippen LogP contribution in [0.3, 0.4) is 0 Å². The lowest BCUT2D eigenvalue weighted by Gasteiger charge is -2.40. The Morgan fingerprint density at radius 3 is 2.55 bits per heavy atom. The molecule has 0 radical (unpaired) electrons. The van der Waals surface area contributed by atoms with Crippen LogP contribution in [0.1, 0.15) is 90.4 Å². The summed E-state index contributed by atoms with van der Waals surface area (Å²) in [6, 6.07) is 0. The molecule has 1 heteroatoms. The molecule has 22 heavy (non-hydrogen) atoms. The first-order chi connectivity index (χ1) is 10.8. The van der Waals surface area contributed by atoms with Crippen molar-refractivity contribution in [3.05, 3.63) is 11.6 Å². The highest BCUT2D eigenvalue weighted by atomic mass is 16.1. The van der Waals surface area contributed by atoms with Crippen LogP contribution in [0.15, 0.2) is 11.6 Å². The van der Waals surface area contributed by atoms with Crippen LogP contribution in [0.4, 0.5) is 0 Å². The van der Waals surface area contributed by atoms with E-state index in [1.165, 1.54) is 76.2 Å². The molecule has 3 aliphatic carbocycles. The molecule has 2 fully saturated rings. The van der Waals surface area contributed by atoms with Crippen molar-refractivity contribution >= 4 is 5.78 Å². The van der Waals surface area contributed by atoms with E-state index in [9.17, 15) is 4.79 Å². The second-order valence-corrected chi connectivity index (χ2v) is 8.23. The SMILES string of the molecule is CCCCCC1CCC(C2CCC3=CC(=O)CCC3C2)CC1. The third-order valence-electron chi connectivity index (χ3n) is 6.78. The Bertz CT molecular complexity index is 400. The maximum atomic E-state index is 11.6. The summed E-state index contributed by atoms with van der Waals surface area (Å²) in [5, 5.41) is 0. The Hall–Kier alpha value is -0.590. The van der Waals surface area contributed by atoms with E-state index >= 15 is 0 Å². The lowest BCUT2D eigenvalue weighted by molar-refractivity contribution is -0.115. The zero-order valence-electron chi connectivity index (χ0n) is 14.5. The van der Waals surface area contributed by atoms with Crippen LogP contribution in [-0.2, 0) is 4.79 Å². The first-order valence-corrected chi connectivity index (χ1v) is 9.99. The van der Waals surface area contributed by atoms with Crippen molar-refractivity contribution in [1.82, 2.24) is 0 Å². The second kappa shape index (κ2) is 7.79. The van der Waals surface area contributed by atoms with Crippen LogP contribution < -0.4 is 0 Å². The lowest BCUT2D eigenvalue weighted by Crippen LogP contribution is -2.29. The molecule has 0 spiro atoms. The molecule has 0 N–H and O–H groups in total. The normalized spacial score (nSPS) is 35.9. The number of carbonyl (C=O) groups is 1. The van der Waals surface area contributed by atoms with Gasteiger partial charge in [-0.2, -0.15) is 0 Å². The van der Waals surface area contributed by atoms with Crippen molar-refractivity contribution in [2.24, 2.45) is 23.7 Å². The molecule has 0 aliphatic heterocycles. The van der Waals surface area contributed by atoms with E-state index in [1.807, 2.05) is 6.08 Å². The number of allylic oxidation sites excluding steroid dienone is 2. The van der Waals surface area contributed by atoms with Crippen LogP contribution in [0.25, 0.3) is 0 Å². The molecule has 0 aromatic carbocycles. The minimum absolute atomic E-state index is 0.386. The van der Waals surface area contributed by atoms with E-state index in [4.69, 9.17) is 0 Å². The topological polar surface area (TPSA) is 17.1 Å². The average molecular weight is 303 g/mol. The molecule has 1 nitrogen and oxygen atoms in total. The first-order valence-electron chi connectivity index (χ1n) is 9.99. The summed E-state index contributed by atoms with van der Waals surface area (Å²) in [5.41, 5.74) is 1.50. The van der Waals surface area contributed by atoms with Crippen LogP contribution >= 0.6 is 0 Å². The molecule has 124 valence electrons. The lowest BCUT2D eigenvalue weighted by atomic mass is 9.65. The summed E-state index contributed by atoms with van der Waals surface area (Å²) in [5.74, 6) is 4.15. The maximum absolute atomic E-state index is 11.6. The number of rotatable bonds is 5. The molecule has 2 unspecified atom stereocenters. The summed E-state index contributed by atoms with van der Waals surface area (Å²) in [6.45, 7) is 2.31. The van der Waals surface area contributed by atoms with Gasteiger partial charge < -0.3 is 0 Å². The first kappa shape index (κ1) is 16.3. The molecule has 0 aromatic heterocycles. The van der Waals surface area contributed by atoms with Crippen LogP contribution in [0, 0.1) is 23.7 Å². The number of unbranched alkanes of at least 4 members (excludes halogenated alkanes) is 2. The van der Waals surface area contributed by atoms with Crippen LogP contribution in [0.5, 0.6) is 0 Å². The van der Waals surface area contributed by atoms with Gasteiger partial charge in [0.05, 0.1) is 0 Å². The highest BCUT2D eigenvalue weighted by Gasteiger charge is 2.34. The monoisotopic (exact) mass is 302 g/mol. The fraction of sp³-hybridized carbons (Fsp3) is 0.857. The van der Waals surface area contributed by atoms with Gasteiger partial charge in [0.25, 0.3) is 0 Å². The van der Waals surface area contributed by atoms with Gasteiger partial charge in [0, 0.05) is 6.42 Å². The Labute approximate surface area is 136 Å². The predicted octanol–water partition coefficient (Wildman–Crippen LogP) is 6.08. The number of hydrogen-bond donors (Lipinski definition) is 0. The van der Waals surface area contributed by atoms with Gasteiger partial charge in [-0.1, -0.05) is 51.0 Å². The van der Waals surface area contributed by atoms with Crippen molar-refractivity contribution in [2.45, 2.75) is 90.4 Å². The van der Waals surface area contributed by atoms with Gasteiger partial charge in [-0.15, -0.1) is 0 Å². The second-order valence-electron chi connectivity index (χ2n) is 8.23. The average Bonchev–Trinajstić information content (AvgIpc) is 2.55. The van der Waals surface area contributed by atoms with Gasteiger partial charge in [0.1, 0.15) is 0 Å². The zero-order chi connectivity index (χ0) is 15.4. The van der Waals surface area contributed by atoms with Gasteiger partial charge in [-0.05, 0) is 68.3 Å². The van der Waals surface area contributed by atoms with Gasteiger partial charge in [0.2, 0.25) is 0 Å². The van der Waals surface area contributed by atoms with Crippen LogP contribution in [0.2, 0.25) is 0 Å². The quantitative estimate of drug-likeness (QED) is 0.562. The summed E-state index contributed by atoms with van der Waals surface area (Å²) >= 11 is 0. The van der Waals surface area contributed by atoms with Gasteiger partial charge in [-0.25, -0.2) is 0 Å². The van der Waals surface area contributed by atoms with E-state index in [-0.39, 0.29) is 0 Å². The van der Waals surface area contributed by atoms with Crippen molar-refractivity contribution in [2.75, 3.05) is 0 Å². The molecule has 0 saturated heterocycles. The summed E-state index contributed by atoms with van der Waals surface area (Å²) in [6.07, 6.45) is 19.6. The van der Waals surface area contributed by atoms with E-state index in [0.717, 1.165) is 36.5 Å². The number of fused-ring (bicyclic) bond motifs is 1. The third kappa shape index (κ3) is 4.03. The van der Waals surface area contributed by atoms with Crippen molar-refractivity contribution in [1.29, 1.82) is 0 Å². The zero-order valence-corrected chi connectivity index (χ0v) is 14.5. The third-order valence-corrected chi connectivity index (χ3v) is 6.78. The molecule has 3 rings (SSSR count). The Morgan fingerprint density at radius 1 is 0.955 bits per heavy atom. The molecule has 0 amide bonds. The number of hydrogen-bond acceptors (Lipinski definition) is 1. The highest BCUT2D eigenvalue weighted by molar-refractivity contribution is 5.91. The standard InChI is InChI=1S/C21H34O/c1-2-3-4-5-16-6-8-17(9-7-16)18-10-11-20-15-21(22)13-12-19(20)14-18/h15-19H,2-14H2,1H3. The fourth-order valence-corrected chi connectivity index (χ4v) is 5.34. The van der Waals surface area contributed by atoms with Gasteiger partial charge in [-0.3, -0.25) is 4.79 Å². The summed E-state index contributed by atoms with van der Waals surface area (Å²) in [7, 11) is 0. The fourth-order valence-electron chi connectivity index (χ4n) is 5.34. The Morgan fingerprint density at radius 2 is 1.77 bits per heavy atom. The van der Waals surface area contributed by atoms with E-state index in [1.54, 1.807) is 0 Å². The maximum Gasteiger partial charge on any atom is 0.155 e. The van der Waals surface area contributed by atoms with Crippen molar-refractivity contribution in [3.8, 4) is 0 Å². The van der Waals surface area contributed by atoms with Crippen molar-refractivity contribution in [3.63, 3.8) is 0 Å². The molecular formula is C21H34O. The Balaban J connectivity index is 1.44. The molecule has 0 bridgehead atoms. The minimum Gasteiger partial charge on any atom is -0.295 e. The highest BCUT2D eigenvalue weighted by Crippen LogP contribution is 2.46. The predicted molar refractivity (Wildman–Crippen MR) is 92.7 cm³/mol. The molecule has 0 heterocycles. The summed E-state index contributed by atoms with van der Waals surface area (Å²) in [4.78, 5) is 11.6.